The molecule has 4 nitrogen and oxygen atoms in total. The van der Waals surface area contributed by atoms with Crippen LogP contribution in [0.4, 0.5) is 5.82 Å². The molecule has 0 saturated carbocycles. The van der Waals surface area contributed by atoms with E-state index in [0.29, 0.717) is 0 Å². The average Bonchev–Trinajstić information content (AvgIpc) is 2.39. The number of aryl methyl sites for hydroxylation is 1. The van der Waals surface area contributed by atoms with E-state index in [1.54, 1.807) is 0 Å². The molecule has 1 aliphatic heterocycles. The number of anilines is 1. The Kier molecular flexibility index (Phi) is 4.42. The van der Waals surface area contributed by atoms with E-state index in [1.807, 2.05) is 7.05 Å². The van der Waals surface area contributed by atoms with E-state index in [-0.39, 0.29) is 5.60 Å². The highest BCUT2D eigenvalue weighted by molar-refractivity contribution is 14.1. The van der Waals surface area contributed by atoms with E-state index < -0.39 is 0 Å². The molecule has 2 heterocycles. The first-order valence-corrected chi connectivity index (χ1v) is 7.57. The van der Waals surface area contributed by atoms with Crippen molar-refractivity contribution in [2.75, 3.05) is 19.0 Å². The highest BCUT2D eigenvalue weighted by Crippen LogP contribution is 2.34. The number of nitrogens with one attached hydrogen (secondary N) is 1. The molecule has 2 rings (SSSR count). The van der Waals surface area contributed by atoms with Crippen LogP contribution in [-0.2, 0) is 16.8 Å². The van der Waals surface area contributed by atoms with Crippen LogP contribution in [0.1, 0.15) is 44.6 Å². The van der Waals surface area contributed by atoms with Gasteiger partial charge in [-0.15, -0.1) is 0 Å². The van der Waals surface area contributed by atoms with Crippen LogP contribution in [-0.4, -0.2) is 23.6 Å². The van der Waals surface area contributed by atoms with Crippen molar-refractivity contribution >= 4 is 28.4 Å². The summed E-state index contributed by atoms with van der Waals surface area (Å²) in [6.45, 7) is 5.03. The summed E-state index contributed by atoms with van der Waals surface area (Å²) in [5.74, 6) is 1.73. The van der Waals surface area contributed by atoms with Gasteiger partial charge in [-0.05, 0) is 55.2 Å². The Balaban J connectivity index is 2.43. The van der Waals surface area contributed by atoms with Crippen LogP contribution in [0.5, 0.6) is 0 Å². The molecule has 1 aromatic heterocycles. The normalized spacial score (nSPS) is 24.0. The van der Waals surface area contributed by atoms with Gasteiger partial charge < -0.3 is 10.1 Å². The van der Waals surface area contributed by atoms with Crippen molar-refractivity contribution in [2.24, 2.45) is 0 Å². The van der Waals surface area contributed by atoms with Gasteiger partial charge in [-0.3, -0.25) is 0 Å². The van der Waals surface area contributed by atoms with Gasteiger partial charge in [0.15, 0.2) is 5.82 Å². The molecule has 0 amide bonds. The SMILES string of the molecule is CCc1nc(C2(C)CCCCO2)nc(NC)c1I. The molecule has 1 fully saturated rings. The summed E-state index contributed by atoms with van der Waals surface area (Å²) in [6, 6.07) is 0. The van der Waals surface area contributed by atoms with Gasteiger partial charge in [-0.2, -0.15) is 0 Å². The van der Waals surface area contributed by atoms with Gasteiger partial charge in [0.25, 0.3) is 0 Å². The average molecular weight is 361 g/mol. The van der Waals surface area contributed by atoms with Crippen molar-refractivity contribution in [3.63, 3.8) is 0 Å². The molecule has 0 spiro atoms. The topological polar surface area (TPSA) is 47.0 Å². The summed E-state index contributed by atoms with van der Waals surface area (Å²) in [5.41, 5.74) is 0.776. The number of hydrogen-bond acceptors (Lipinski definition) is 4. The Bertz CT molecular complexity index is 405. The van der Waals surface area contributed by atoms with Crippen molar-refractivity contribution in [2.45, 2.75) is 45.1 Å². The first kappa shape index (κ1) is 14.0. The van der Waals surface area contributed by atoms with E-state index in [2.05, 4.69) is 46.7 Å². The van der Waals surface area contributed by atoms with E-state index in [1.165, 1.54) is 6.42 Å². The molecule has 1 atom stereocenters. The zero-order valence-electron chi connectivity index (χ0n) is 11.2. The predicted molar refractivity (Wildman–Crippen MR) is 80.8 cm³/mol. The van der Waals surface area contributed by atoms with Crippen LogP contribution >= 0.6 is 22.6 Å². The quantitative estimate of drug-likeness (QED) is 0.841. The van der Waals surface area contributed by atoms with Gasteiger partial charge in [-0.25, -0.2) is 9.97 Å². The fourth-order valence-electron chi connectivity index (χ4n) is 2.24. The lowest BCUT2D eigenvalue weighted by Gasteiger charge is -2.33. The molecule has 100 valence electrons. The Hall–Kier alpha value is -0.430. The second-order valence-electron chi connectivity index (χ2n) is 4.80. The molecule has 1 N–H and O–H groups in total. The van der Waals surface area contributed by atoms with E-state index in [9.17, 15) is 0 Å². The van der Waals surface area contributed by atoms with Crippen LogP contribution in [0.3, 0.4) is 0 Å². The van der Waals surface area contributed by atoms with E-state index in [0.717, 1.165) is 46.8 Å². The maximum absolute atomic E-state index is 5.94. The standard InChI is InChI=1S/C13H20IN3O/c1-4-9-10(14)11(15-3)17-12(16-9)13(2)7-5-6-8-18-13/h4-8H2,1-3H3,(H,15,16,17). The van der Waals surface area contributed by atoms with Crippen molar-refractivity contribution in [1.29, 1.82) is 0 Å². The van der Waals surface area contributed by atoms with Gasteiger partial charge in [0.1, 0.15) is 11.4 Å². The number of ether oxygens (including phenoxy) is 1. The van der Waals surface area contributed by atoms with Crippen molar-refractivity contribution in [3.05, 3.63) is 15.1 Å². The predicted octanol–water partition coefficient (Wildman–Crippen LogP) is 3.10. The summed E-state index contributed by atoms with van der Waals surface area (Å²) in [4.78, 5) is 9.35. The van der Waals surface area contributed by atoms with Gasteiger partial charge in [0, 0.05) is 13.7 Å². The Morgan fingerprint density at radius 2 is 2.17 bits per heavy atom. The second kappa shape index (κ2) is 5.69. The third-order valence-corrected chi connectivity index (χ3v) is 4.57. The van der Waals surface area contributed by atoms with Gasteiger partial charge >= 0.3 is 0 Å². The molecule has 0 radical (unpaired) electrons. The molecule has 1 unspecified atom stereocenters. The molecule has 1 saturated heterocycles. The molecule has 0 aliphatic carbocycles. The molecule has 0 bridgehead atoms. The van der Waals surface area contributed by atoms with Crippen molar-refractivity contribution in [3.8, 4) is 0 Å². The monoisotopic (exact) mass is 361 g/mol. The van der Waals surface area contributed by atoms with Gasteiger partial charge in [0.2, 0.25) is 0 Å². The Morgan fingerprint density at radius 1 is 1.39 bits per heavy atom. The fourth-order valence-corrected chi connectivity index (χ4v) is 3.13. The number of hydrogen-bond donors (Lipinski definition) is 1. The summed E-state index contributed by atoms with van der Waals surface area (Å²) < 4.78 is 7.05. The molecular formula is C13H20IN3O. The molecule has 18 heavy (non-hydrogen) atoms. The summed E-state index contributed by atoms with van der Waals surface area (Å²) in [6.07, 6.45) is 4.24. The zero-order chi connectivity index (χ0) is 13.2. The number of rotatable bonds is 3. The molecular weight excluding hydrogens is 341 g/mol. The van der Waals surface area contributed by atoms with E-state index >= 15 is 0 Å². The van der Waals surface area contributed by atoms with Crippen molar-refractivity contribution in [1.82, 2.24) is 9.97 Å². The summed E-state index contributed by atoms with van der Waals surface area (Å²) in [5, 5.41) is 3.15. The number of aromatic nitrogens is 2. The smallest absolute Gasteiger partial charge is 0.162 e. The molecule has 0 aromatic carbocycles. The molecule has 1 aliphatic rings. The zero-order valence-corrected chi connectivity index (χ0v) is 13.4. The fraction of sp³-hybridized carbons (Fsp3) is 0.692. The highest BCUT2D eigenvalue weighted by atomic mass is 127. The maximum Gasteiger partial charge on any atom is 0.162 e. The van der Waals surface area contributed by atoms with Gasteiger partial charge in [-0.1, -0.05) is 6.92 Å². The number of halogens is 1. The van der Waals surface area contributed by atoms with Crippen LogP contribution in [0.15, 0.2) is 0 Å². The minimum Gasteiger partial charge on any atom is -0.372 e. The van der Waals surface area contributed by atoms with Gasteiger partial charge in [0.05, 0.1) is 9.26 Å². The highest BCUT2D eigenvalue weighted by Gasteiger charge is 2.34. The minimum absolute atomic E-state index is 0.321. The largest absolute Gasteiger partial charge is 0.372 e. The second-order valence-corrected chi connectivity index (χ2v) is 5.88. The van der Waals surface area contributed by atoms with Crippen LogP contribution in [0, 0.1) is 3.57 Å². The Morgan fingerprint density at radius 3 is 2.72 bits per heavy atom. The lowest BCUT2D eigenvalue weighted by Crippen LogP contribution is -2.33. The van der Waals surface area contributed by atoms with E-state index in [4.69, 9.17) is 9.72 Å². The van der Waals surface area contributed by atoms with Crippen LogP contribution in [0.2, 0.25) is 0 Å². The summed E-state index contributed by atoms with van der Waals surface area (Å²) in [7, 11) is 1.90. The summed E-state index contributed by atoms with van der Waals surface area (Å²) >= 11 is 2.30. The minimum atomic E-state index is -0.321. The molecule has 5 heteroatoms. The first-order chi connectivity index (χ1) is 8.60. The number of nitrogens with zero attached hydrogens (tertiary/aromatic N) is 2. The Labute approximate surface area is 122 Å². The lowest BCUT2D eigenvalue weighted by molar-refractivity contribution is -0.0761. The third-order valence-electron chi connectivity index (χ3n) is 3.43. The third kappa shape index (κ3) is 2.61. The first-order valence-electron chi connectivity index (χ1n) is 6.49. The van der Waals surface area contributed by atoms with Crippen molar-refractivity contribution < 1.29 is 4.74 Å². The van der Waals surface area contributed by atoms with Crippen LogP contribution < -0.4 is 5.32 Å². The molecule has 1 aromatic rings. The maximum atomic E-state index is 5.94. The van der Waals surface area contributed by atoms with Crippen LogP contribution in [0.25, 0.3) is 0 Å². The lowest BCUT2D eigenvalue weighted by atomic mass is 9.95.